The Morgan fingerprint density at radius 3 is 2.58 bits per heavy atom. The highest BCUT2D eigenvalue weighted by Gasteiger charge is 2.08. The lowest BCUT2D eigenvalue weighted by Gasteiger charge is -2.00. The molecular weight excluding hydrogens is 164 g/mol. The van der Waals surface area contributed by atoms with E-state index in [9.17, 15) is 13.7 Å². The third kappa shape index (κ3) is 2.08. The van der Waals surface area contributed by atoms with Crippen LogP contribution in [0.2, 0.25) is 0 Å². The number of halogens is 2. The molecule has 0 amide bonds. The minimum Gasteiger partial charge on any atom is -0.210 e. The summed E-state index contributed by atoms with van der Waals surface area (Å²) in [5.41, 5.74) is 0.389. The lowest BCUT2D eigenvalue weighted by molar-refractivity contribution is 0.149. The van der Waals surface area contributed by atoms with Gasteiger partial charge in [-0.3, -0.25) is 0 Å². The van der Waals surface area contributed by atoms with Crippen molar-refractivity contribution in [3.63, 3.8) is 0 Å². The molecular formula is C8H7F2NO. The molecule has 1 aromatic rings. The van der Waals surface area contributed by atoms with Crippen LogP contribution >= 0.6 is 0 Å². The average Bonchev–Trinajstić information content (AvgIpc) is 2.04. The minimum absolute atomic E-state index is 0.0952. The number of hydrogen-bond donors (Lipinski definition) is 0. The number of alkyl halides is 2. The van der Waals surface area contributed by atoms with E-state index in [2.05, 4.69) is 5.18 Å². The number of benzene rings is 1. The van der Waals surface area contributed by atoms with Gasteiger partial charge in [0.1, 0.15) is 5.69 Å². The standard InChI is InChI=1S/C8H7F2NO/c9-8(10)5-6-3-1-2-4-7(6)11-12/h1-4,8H,5H2. The van der Waals surface area contributed by atoms with E-state index in [-0.39, 0.29) is 5.69 Å². The third-order valence-electron chi connectivity index (χ3n) is 1.46. The summed E-state index contributed by atoms with van der Waals surface area (Å²) < 4.78 is 23.8. The van der Waals surface area contributed by atoms with Crippen LogP contribution in [0.5, 0.6) is 0 Å². The third-order valence-corrected chi connectivity index (χ3v) is 1.46. The molecule has 4 heteroatoms. The van der Waals surface area contributed by atoms with Crippen LogP contribution in [0.3, 0.4) is 0 Å². The van der Waals surface area contributed by atoms with Crippen molar-refractivity contribution in [2.45, 2.75) is 12.8 Å². The lowest BCUT2D eigenvalue weighted by atomic mass is 10.1. The Morgan fingerprint density at radius 2 is 2.00 bits per heavy atom. The lowest BCUT2D eigenvalue weighted by Crippen LogP contribution is -1.96. The normalized spacial score (nSPS) is 10.2. The molecule has 0 saturated heterocycles. The van der Waals surface area contributed by atoms with Crippen molar-refractivity contribution < 1.29 is 8.78 Å². The number of hydrogen-bond acceptors (Lipinski definition) is 2. The highest BCUT2D eigenvalue weighted by molar-refractivity contribution is 5.45. The van der Waals surface area contributed by atoms with Crippen LogP contribution in [0, 0.1) is 4.91 Å². The Bertz CT molecular complexity index is 276. The molecule has 12 heavy (non-hydrogen) atoms. The predicted molar refractivity (Wildman–Crippen MR) is 41.6 cm³/mol. The van der Waals surface area contributed by atoms with Crippen molar-refractivity contribution in [1.29, 1.82) is 0 Å². The Hall–Kier alpha value is -1.32. The molecule has 2 nitrogen and oxygen atoms in total. The van der Waals surface area contributed by atoms with Gasteiger partial charge in [0.25, 0.3) is 0 Å². The maximum atomic E-state index is 11.9. The second-order valence-electron chi connectivity index (χ2n) is 2.32. The van der Waals surface area contributed by atoms with Gasteiger partial charge in [-0.1, -0.05) is 18.2 Å². The molecule has 0 heterocycles. The number of nitroso groups, excluding NO2 is 1. The van der Waals surface area contributed by atoms with Gasteiger partial charge in [-0.15, -0.1) is 4.91 Å². The molecule has 1 aromatic carbocycles. The maximum absolute atomic E-state index is 11.9. The van der Waals surface area contributed by atoms with E-state index < -0.39 is 12.8 Å². The molecule has 0 aromatic heterocycles. The van der Waals surface area contributed by atoms with Crippen molar-refractivity contribution in [2.75, 3.05) is 0 Å². The van der Waals surface area contributed by atoms with E-state index in [1.54, 1.807) is 12.1 Å². The van der Waals surface area contributed by atoms with Gasteiger partial charge in [0, 0.05) is 6.42 Å². The quantitative estimate of drug-likeness (QED) is 0.643. The summed E-state index contributed by atoms with van der Waals surface area (Å²) in [6.45, 7) is 0. The highest BCUT2D eigenvalue weighted by Crippen LogP contribution is 2.20. The molecule has 0 aliphatic rings. The Kier molecular flexibility index (Phi) is 2.85. The van der Waals surface area contributed by atoms with E-state index >= 15 is 0 Å². The first kappa shape index (κ1) is 8.77. The molecule has 0 unspecified atom stereocenters. The summed E-state index contributed by atoms with van der Waals surface area (Å²) in [5.74, 6) is 0. The number of rotatable bonds is 3. The predicted octanol–water partition coefficient (Wildman–Crippen LogP) is 2.89. The van der Waals surface area contributed by atoms with E-state index in [1.807, 2.05) is 0 Å². The molecule has 0 aliphatic carbocycles. The van der Waals surface area contributed by atoms with Gasteiger partial charge in [0.15, 0.2) is 0 Å². The molecule has 1 rings (SSSR count). The molecule has 0 saturated carbocycles. The van der Waals surface area contributed by atoms with E-state index in [0.717, 1.165) is 0 Å². The number of nitrogens with zero attached hydrogens (tertiary/aromatic N) is 1. The van der Waals surface area contributed by atoms with Crippen LogP contribution in [0.25, 0.3) is 0 Å². The van der Waals surface area contributed by atoms with E-state index in [4.69, 9.17) is 0 Å². The van der Waals surface area contributed by atoms with Gasteiger partial charge in [-0.2, -0.15) is 0 Å². The fourth-order valence-corrected chi connectivity index (χ4v) is 0.939. The Balaban J connectivity index is 2.89. The Labute approximate surface area is 68.2 Å². The summed E-state index contributed by atoms with van der Waals surface area (Å²) in [7, 11) is 0. The van der Waals surface area contributed by atoms with Gasteiger partial charge in [0.05, 0.1) is 0 Å². The second-order valence-corrected chi connectivity index (χ2v) is 2.32. The molecule has 0 spiro atoms. The fraction of sp³-hybridized carbons (Fsp3) is 0.250. The molecule has 0 aliphatic heterocycles. The highest BCUT2D eigenvalue weighted by atomic mass is 19.3. The largest absolute Gasteiger partial charge is 0.242 e. The van der Waals surface area contributed by atoms with Crippen molar-refractivity contribution in [2.24, 2.45) is 5.18 Å². The summed E-state index contributed by atoms with van der Waals surface area (Å²) in [4.78, 5) is 10.1. The zero-order valence-corrected chi connectivity index (χ0v) is 6.21. The van der Waals surface area contributed by atoms with Crippen molar-refractivity contribution >= 4 is 5.69 Å². The summed E-state index contributed by atoms with van der Waals surface area (Å²) >= 11 is 0. The zero-order chi connectivity index (χ0) is 8.97. The van der Waals surface area contributed by atoms with Crippen molar-refractivity contribution in [3.8, 4) is 0 Å². The first-order chi connectivity index (χ1) is 5.74. The van der Waals surface area contributed by atoms with E-state index in [0.29, 0.717) is 5.56 Å². The van der Waals surface area contributed by atoms with Crippen LogP contribution in [0.1, 0.15) is 5.56 Å². The van der Waals surface area contributed by atoms with Crippen LogP contribution in [-0.2, 0) is 6.42 Å². The first-order valence-electron chi connectivity index (χ1n) is 3.43. The molecule has 0 atom stereocenters. The van der Waals surface area contributed by atoms with Crippen molar-refractivity contribution in [1.82, 2.24) is 0 Å². The summed E-state index contributed by atoms with van der Waals surface area (Å²) in [6, 6.07) is 6.09. The summed E-state index contributed by atoms with van der Waals surface area (Å²) in [6.07, 6.45) is -2.85. The minimum atomic E-state index is -2.44. The van der Waals surface area contributed by atoms with Crippen LogP contribution < -0.4 is 0 Å². The summed E-state index contributed by atoms with van der Waals surface area (Å²) in [5, 5.41) is 2.64. The average molecular weight is 171 g/mol. The van der Waals surface area contributed by atoms with Gasteiger partial charge in [0.2, 0.25) is 6.43 Å². The van der Waals surface area contributed by atoms with Crippen LogP contribution in [0.15, 0.2) is 29.4 Å². The van der Waals surface area contributed by atoms with Gasteiger partial charge in [-0.25, -0.2) is 8.78 Å². The molecule has 64 valence electrons. The van der Waals surface area contributed by atoms with Gasteiger partial charge >= 0.3 is 0 Å². The van der Waals surface area contributed by atoms with Crippen LogP contribution in [-0.4, -0.2) is 6.43 Å². The zero-order valence-electron chi connectivity index (χ0n) is 6.21. The molecule has 0 bridgehead atoms. The molecule has 0 radical (unpaired) electrons. The first-order valence-corrected chi connectivity index (χ1v) is 3.43. The van der Waals surface area contributed by atoms with Gasteiger partial charge < -0.3 is 0 Å². The monoisotopic (exact) mass is 171 g/mol. The smallest absolute Gasteiger partial charge is 0.210 e. The Morgan fingerprint density at radius 1 is 1.33 bits per heavy atom. The SMILES string of the molecule is O=Nc1ccccc1CC(F)F. The van der Waals surface area contributed by atoms with Crippen LogP contribution in [0.4, 0.5) is 14.5 Å². The van der Waals surface area contributed by atoms with Crippen molar-refractivity contribution in [3.05, 3.63) is 34.7 Å². The molecule has 0 fully saturated rings. The maximum Gasteiger partial charge on any atom is 0.242 e. The second kappa shape index (κ2) is 3.90. The topological polar surface area (TPSA) is 29.4 Å². The van der Waals surface area contributed by atoms with E-state index in [1.165, 1.54) is 12.1 Å². The fourth-order valence-electron chi connectivity index (χ4n) is 0.939. The van der Waals surface area contributed by atoms with Gasteiger partial charge in [-0.05, 0) is 16.8 Å². The molecule has 0 N–H and O–H groups in total.